The molecule has 0 aliphatic carbocycles. The molecule has 5 aliphatic rings. The third-order valence-corrected chi connectivity index (χ3v) is 7.91. The summed E-state index contributed by atoms with van der Waals surface area (Å²) in [5.74, 6) is 6.26. The van der Waals surface area contributed by atoms with Crippen LogP contribution in [0, 0.1) is 11.8 Å². The van der Waals surface area contributed by atoms with E-state index in [0.717, 1.165) is 73.6 Å². The number of hydrogen-bond donors (Lipinski definition) is 0. The lowest BCUT2D eigenvalue weighted by molar-refractivity contribution is 0.263. The summed E-state index contributed by atoms with van der Waals surface area (Å²) in [4.78, 5) is 0. The summed E-state index contributed by atoms with van der Waals surface area (Å²) >= 11 is 0. The minimum atomic E-state index is 0.343. The maximum Gasteiger partial charge on any atom is 0.119 e. The summed E-state index contributed by atoms with van der Waals surface area (Å²) in [7, 11) is 0. The lowest BCUT2D eigenvalue weighted by Crippen LogP contribution is -2.03. The minimum absolute atomic E-state index is 0.343. The predicted octanol–water partition coefficient (Wildman–Crippen LogP) is 15.8. The van der Waals surface area contributed by atoms with Gasteiger partial charge in [0.2, 0.25) is 0 Å². The zero-order chi connectivity index (χ0) is 54.7. The average molecular weight is 1020 g/mol. The Hall–Kier alpha value is -5.10. The van der Waals surface area contributed by atoms with Crippen LogP contribution in [0.4, 0.5) is 0 Å². The van der Waals surface area contributed by atoms with Crippen LogP contribution in [0.1, 0.15) is 111 Å². The van der Waals surface area contributed by atoms with E-state index in [1.165, 1.54) is 0 Å². The van der Waals surface area contributed by atoms with Crippen molar-refractivity contribution in [2.75, 3.05) is 66.1 Å². The summed E-state index contributed by atoms with van der Waals surface area (Å²) in [6, 6.07) is 48.9. The van der Waals surface area contributed by atoms with Gasteiger partial charge in [0.15, 0.2) is 0 Å². The van der Waals surface area contributed by atoms with Gasteiger partial charge in [-0.3, -0.25) is 0 Å². The maximum atomic E-state index is 5.40. The zero-order valence-corrected chi connectivity index (χ0v) is 48.1. The highest BCUT2D eigenvalue weighted by atomic mass is 16.6. The van der Waals surface area contributed by atoms with E-state index in [0.29, 0.717) is 63.6 Å². The van der Waals surface area contributed by atoms with E-state index < -0.39 is 0 Å². The molecule has 0 aromatic heterocycles. The van der Waals surface area contributed by atoms with Gasteiger partial charge in [0.05, 0.1) is 33.0 Å². The highest BCUT2D eigenvalue weighted by molar-refractivity contribution is 5.23. The van der Waals surface area contributed by atoms with Crippen molar-refractivity contribution in [3.05, 3.63) is 152 Å². The quantitative estimate of drug-likeness (QED) is 0.0941. The van der Waals surface area contributed by atoms with Crippen LogP contribution in [0.5, 0.6) is 28.7 Å². The normalized spacial score (nSPS) is 17.4. The molecule has 5 fully saturated rings. The van der Waals surface area contributed by atoms with Gasteiger partial charge in [-0.15, -0.1) is 0 Å². The summed E-state index contributed by atoms with van der Waals surface area (Å²) in [6.07, 6.45) is 1.71. The van der Waals surface area contributed by atoms with E-state index >= 15 is 0 Å². The Kier molecular flexibility index (Phi) is 48.3. The summed E-state index contributed by atoms with van der Waals surface area (Å²) in [5, 5.41) is 0. The molecule has 5 unspecified atom stereocenters. The minimum Gasteiger partial charge on any atom is -0.491 e. The topological polar surface area (TPSA) is 109 Å². The first-order valence-corrected chi connectivity index (χ1v) is 27.2. The van der Waals surface area contributed by atoms with E-state index in [1.807, 2.05) is 221 Å². The van der Waals surface area contributed by atoms with Crippen LogP contribution < -0.4 is 23.7 Å². The van der Waals surface area contributed by atoms with Crippen molar-refractivity contribution in [3.63, 3.8) is 0 Å². The fourth-order valence-corrected chi connectivity index (χ4v) is 4.35. The van der Waals surface area contributed by atoms with E-state index in [2.05, 4.69) is 41.5 Å². The molecule has 10 rings (SSSR count). The van der Waals surface area contributed by atoms with Gasteiger partial charge in [0, 0.05) is 0 Å². The second-order valence-electron chi connectivity index (χ2n) is 16.4. The fraction of sp³-hybridized carbons (Fsp3) is 0.524. The SMILES string of the molecule is CC.CC.CC.CC.CC.CC(C)C.CC(C)C.c1ccc(OCC2CO2)cc1.c1ccc(OCC2CO2)cc1.c1ccc(OCC2CO2)cc1.c1ccc(OCC2CO2)cc1.c1ccc(OCC2CO2)cc1. The largest absolute Gasteiger partial charge is 0.491 e. The Morgan fingerprint density at radius 2 is 0.384 bits per heavy atom. The summed E-state index contributed by atoms with van der Waals surface area (Å²) in [6.45, 7) is 40.7. The van der Waals surface area contributed by atoms with Crippen LogP contribution in [0.25, 0.3) is 0 Å². The lowest BCUT2D eigenvalue weighted by atomic mass is 10.3. The molecule has 10 nitrogen and oxygen atoms in total. The number of hydrogen-bond acceptors (Lipinski definition) is 10. The molecule has 0 saturated carbocycles. The Labute approximate surface area is 445 Å². The lowest BCUT2D eigenvalue weighted by Gasteiger charge is -2.01. The standard InChI is InChI=1S/5C9H10O2.2C4H10.5C2H6/c5*1-2-4-8(5-3-1)10-6-9-7-11-9;2*1-4(2)3;5*1-2/h5*1-5,9H,6-7H2;2*4H,1-3H3;5*1-2H3. The van der Waals surface area contributed by atoms with Gasteiger partial charge in [0.25, 0.3) is 0 Å². The Bertz CT molecular complexity index is 1470. The molecule has 5 aliphatic heterocycles. The smallest absolute Gasteiger partial charge is 0.119 e. The van der Waals surface area contributed by atoms with Gasteiger partial charge in [-0.1, -0.05) is 202 Å². The summed E-state index contributed by atoms with van der Waals surface area (Å²) in [5.41, 5.74) is 0. The third-order valence-electron chi connectivity index (χ3n) is 7.91. The summed E-state index contributed by atoms with van der Waals surface area (Å²) < 4.78 is 52.1. The monoisotopic (exact) mass is 1020 g/mol. The van der Waals surface area contributed by atoms with E-state index in [1.54, 1.807) is 0 Å². The van der Waals surface area contributed by atoms with Crippen LogP contribution in [0.2, 0.25) is 0 Å². The van der Waals surface area contributed by atoms with E-state index in [9.17, 15) is 0 Å². The van der Waals surface area contributed by atoms with Gasteiger partial charge < -0.3 is 47.4 Å². The molecule has 0 N–H and O–H groups in total. The van der Waals surface area contributed by atoms with Crippen LogP contribution in [-0.4, -0.2) is 96.6 Å². The predicted molar refractivity (Wildman–Crippen MR) is 306 cm³/mol. The molecule has 0 bridgehead atoms. The first kappa shape index (κ1) is 70.0. The highest BCUT2D eigenvalue weighted by Gasteiger charge is 2.25. The highest BCUT2D eigenvalue weighted by Crippen LogP contribution is 2.17. The van der Waals surface area contributed by atoms with Gasteiger partial charge in [-0.2, -0.15) is 0 Å². The van der Waals surface area contributed by atoms with Crippen molar-refractivity contribution < 1.29 is 47.4 Å². The van der Waals surface area contributed by atoms with E-state index in [4.69, 9.17) is 47.4 Å². The molecule has 5 aromatic rings. The van der Waals surface area contributed by atoms with Crippen molar-refractivity contribution in [2.45, 2.75) is 141 Å². The molecule has 412 valence electrons. The molecular weight excluding hydrogens is 917 g/mol. The first-order valence-electron chi connectivity index (χ1n) is 27.2. The molecule has 5 saturated heterocycles. The zero-order valence-electron chi connectivity index (χ0n) is 48.1. The molecular formula is C63H100O10. The molecule has 0 radical (unpaired) electrons. The molecule has 0 amide bonds. The number of para-hydroxylation sites is 5. The molecule has 5 atom stereocenters. The third kappa shape index (κ3) is 50.2. The Morgan fingerprint density at radius 3 is 0.479 bits per heavy atom. The average Bonchev–Trinajstić information content (AvgIpc) is 4.23. The van der Waals surface area contributed by atoms with Crippen LogP contribution >= 0.6 is 0 Å². The van der Waals surface area contributed by atoms with Crippen LogP contribution in [-0.2, 0) is 23.7 Å². The van der Waals surface area contributed by atoms with Gasteiger partial charge in [-0.05, 0) is 72.5 Å². The van der Waals surface area contributed by atoms with Crippen molar-refractivity contribution >= 4 is 0 Å². The molecule has 5 aromatic carbocycles. The van der Waals surface area contributed by atoms with Crippen molar-refractivity contribution in [2.24, 2.45) is 11.8 Å². The van der Waals surface area contributed by atoms with Gasteiger partial charge in [0.1, 0.15) is 92.3 Å². The number of ether oxygens (including phenoxy) is 10. The first-order chi connectivity index (χ1) is 35.7. The molecule has 73 heavy (non-hydrogen) atoms. The Morgan fingerprint density at radius 1 is 0.274 bits per heavy atom. The molecule has 10 heteroatoms. The van der Waals surface area contributed by atoms with Crippen molar-refractivity contribution in [1.82, 2.24) is 0 Å². The number of benzene rings is 5. The number of epoxide rings is 5. The number of rotatable bonds is 15. The Balaban J connectivity index is 0. The van der Waals surface area contributed by atoms with Gasteiger partial charge in [-0.25, -0.2) is 0 Å². The molecule has 5 heterocycles. The second kappa shape index (κ2) is 50.4. The second-order valence-corrected chi connectivity index (χ2v) is 16.4. The molecule has 0 spiro atoms. The van der Waals surface area contributed by atoms with Crippen molar-refractivity contribution in [3.8, 4) is 28.7 Å². The van der Waals surface area contributed by atoms with Crippen LogP contribution in [0.3, 0.4) is 0 Å². The fourth-order valence-electron chi connectivity index (χ4n) is 4.35. The van der Waals surface area contributed by atoms with Crippen molar-refractivity contribution in [1.29, 1.82) is 0 Å². The maximum absolute atomic E-state index is 5.40. The van der Waals surface area contributed by atoms with E-state index in [-0.39, 0.29) is 0 Å². The van der Waals surface area contributed by atoms with Crippen LogP contribution in [0.15, 0.2) is 152 Å². The van der Waals surface area contributed by atoms with Gasteiger partial charge >= 0.3 is 0 Å².